The van der Waals surface area contributed by atoms with Crippen LogP contribution in [0.25, 0.3) is 11.3 Å². The predicted octanol–water partition coefficient (Wildman–Crippen LogP) is 2.88. The molecule has 20 heavy (non-hydrogen) atoms. The average molecular weight is 264 g/mol. The number of nitrogens with two attached hydrogens (primary N) is 1. The molecule has 0 saturated heterocycles. The third kappa shape index (κ3) is 2.54. The summed E-state index contributed by atoms with van der Waals surface area (Å²) in [6.07, 6.45) is 5.38. The summed E-state index contributed by atoms with van der Waals surface area (Å²) in [5.41, 5.74) is 10.9. The highest BCUT2D eigenvalue weighted by Crippen LogP contribution is 2.23. The Hall–Kier alpha value is -2.62. The van der Waals surface area contributed by atoms with E-state index in [0.717, 1.165) is 11.3 Å². The van der Waals surface area contributed by atoms with Gasteiger partial charge in [-0.1, -0.05) is 29.8 Å². The Morgan fingerprint density at radius 2 is 1.95 bits per heavy atom. The van der Waals surface area contributed by atoms with Crippen LogP contribution in [0, 0.1) is 6.92 Å². The number of anilines is 1. The number of pyridine rings is 1. The number of rotatable bonds is 3. The molecule has 2 N–H and O–H groups in total. The van der Waals surface area contributed by atoms with E-state index in [9.17, 15) is 0 Å². The molecule has 0 fully saturated rings. The van der Waals surface area contributed by atoms with Crippen molar-refractivity contribution in [3.63, 3.8) is 0 Å². The van der Waals surface area contributed by atoms with Gasteiger partial charge in [-0.05, 0) is 24.6 Å². The van der Waals surface area contributed by atoms with Gasteiger partial charge in [-0.25, -0.2) is 0 Å². The summed E-state index contributed by atoms with van der Waals surface area (Å²) < 4.78 is 1.86. The van der Waals surface area contributed by atoms with Crippen molar-refractivity contribution in [1.29, 1.82) is 0 Å². The largest absolute Gasteiger partial charge is 0.396 e. The summed E-state index contributed by atoms with van der Waals surface area (Å²) >= 11 is 0. The van der Waals surface area contributed by atoms with Crippen LogP contribution in [0.4, 0.5) is 5.69 Å². The maximum atomic E-state index is 6.04. The first-order valence-corrected chi connectivity index (χ1v) is 6.51. The fourth-order valence-electron chi connectivity index (χ4n) is 2.13. The van der Waals surface area contributed by atoms with Crippen molar-refractivity contribution in [3.05, 3.63) is 66.1 Å². The zero-order valence-corrected chi connectivity index (χ0v) is 11.3. The minimum Gasteiger partial charge on any atom is -0.396 e. The highest BCUT2D eigenvalue weighted by molar-refractivity contribution is 5.71. The van der Waals surface area contributed by atoms with Gasteiger partial charge >= 0.3 is 0 Å². The zero-order chi connectivity index (χ0) is 13.9. The van der Waals surface area contributed by atoms with Gasteiger partial charge in [0.1, 0.15) is 5.69 Å². The fraction of sp³-hybridized carbons (Fsp3) is 0.125. The van der Waals surface area contributed by atoms with Gasteiger partial charge in [0.15, 0.2) is 0 Å². The van der Waals surface area contributed by atoms with Crippen LogP contribution < -0.4 is 5.73 Å². The lowest BCUT2D eigenvalue weighted by Gasteiger charge is -2.02. The van der Waals surface area contributed by atoms with E-state index in [0.29, 0.717) is 12.2 Å². The molecule has 3 rings (SSSR count). The van der Waals surface area contributed by atoms with Crippen LogP contribution in [-0.4, -0.2) is 14.8 Å². The van der Waals surface area contributed by atoms with Crippen LogP contribution in [0.1, 0.15) is 11.1 Å². The van der Waals surface area contributed by atoms with E-state index < -0.39 is 0 Å². The molecule has 4 heteroatoms. The molecule has 2 heterocycles. The van der Waals surface area contributed by atoms with Crippen molar-refractivity contribution in [2.24, 2.45) is 0 Å². The van der Waals surface area contributed by atoms with Crippen molar-refractivity contribution >= 4 is 5.69 Å². The van der Waals surface area contributed by atoms with Crippen LogP contribution in [0.5, 0.6) is 0 Å². The Labute approximate surface area is 117 Å². The second-order valence-electron chi connectivity index (χ2n) is 4.86. The normalized spacial score (nSPS) is 10.7. The SMILES string of the molecule is Cc1ccc(Cn2cc(N)c(-c3cccnc3)n2)cc1. The van der Waals surface area contributed by atoms with E-state index in [-0.39, 0.29) is 0 Å². The number of nitrogens with zero attached hydrogens (tertiary/aromatic N) is 3. The molecule has 0 unspecified atom stereocenters. The number of nitrogen functional groups attached to an aromatic ring is 1. The van der Waals surface area contributed by atoms with Gasteiger partial charge in [-0.3, -0.25) is 9.67 Å². The van der Waals surface area contributed by atoms with Crippen molar-refractivity contribution in [2.45, 2.75) is 13.5 Å². The lowest BCUT2D eigenvalue weighted by atomic mass is 10.1. The number of hydrogen-bond acceptors (Lipinski definition) is 3. The molecule has 0 radical (unpaired) electrons. The van der Waals surface area contributed by atoms with E-state index in [1.807, 2.05) is 23.0 Å². The Balaban J connectivity index is 1.87. The van der Waals surface area contributed by atoms with Crippen molar-refractivity contribution in [3.8, 4) is 11.3 Å². The third-order valence-electron chi connectivity index (χ3n) is 3.19. The first-order chi connectivity index (χ1) is 9.72. The smallest absolute Gasteiger partial charge is 0.117 e. The first kappa shape index (κ1) is 12.4. The van der Waals surface area contributed by atoms with Crippen molar-refractivity contribution < 1.29 is 0 Å². The predicted molar refractivity (Wildman–Crippen MR) is 80.2 cm³/mol. The summed E-state index contributed by atoms with van der Waals surface area (Å²) in [6, 6.07) is 12.3. The highest BCUT2D eigenvalue weighted by Gasteiger charge is 2.08. The average Bonchev–Trinajstić information content (AvgIpc) is 2.83. The zero-order valence-electron chi connectivity index (χ0n) is 11.3. The molecule has 0 aliphatic carbocycles. The molecule has 3 aromatic rings. The molecule has 0 atom stereocenters. The lowest BCUT2D eigenvalue weighted by molar-refractivity contribution is 0.689. The van der Waals surface area contributed by atoms with Crippen LogP contribution in [0.2, 0.25) is 0 Å². The van der Waals surface area contributed by atoms with Crippen LogP contribution in [0.3, 0.4) is 0 Å². The van der Waals surface area contributed by atoms with Gasteiger partial charge in [0, 0.05) is 24.2 Å². The minimum absolute atomic E-state index is 0.671. The number of aryl methyl sites for hydroxylation is 1. The third-order valence-corrected chi connectivity index (χ3v) is 3.19. The Morgan fingerprint density at radius 1 is 1.15 bits per heavy atom. The first-order valence-electron chi connectivity index (χ1n) is 6.51. The second kappa shape index (κ2) is 5.17. The van der Waals surface area contributed by atoms with Crippen LogP contribution in [-0.2, 0) is 6.54 Å². The molecule has 0 saturated carbocycles. The van der Waals surface area contributed by atoms with Gasteiger partial charge in [0.25, 0.3) is 0 Å². The molecule has 100 valence electrons. The Morgan fingerprint density at radius 3 is 2.65 bits per heavy atom. The summed E-state index contributed by atoms with van der Waals surface area (Å²) in [7, 11) is 0. The van der Waals surface area contributed by atoms with Crippen molar-refractivity contribution in [2.75, 3.05) is 5.73 Å². The fourth-order valence-corrected chi connectivity index (χ4v) is 2.13. The molecular weight excluding hydrogens is 248 g/mol. The second-order valence-corrected chi connectivity index (χ2v) is 4.86. The number of benzene rings is 1. The molecule has 0 bridgehead atoms. The van der Waals surface area contributed by atoms with Crippen molar-refractivity contribution in [1.82, 2.24) is 14.8 Å². The number of aromatic nitrogens is 3. The van der Waals surface area contributed by atoms with E-state index in [1.165, 1.54) is 11.1 Å². The summed E-state index contributed by atoms with van der Waals surface area (Å²) in [5, 5.41) is 4.55. The van der Waals surface area contributed by atoms with Gasteiger partial charge in [-0.2, -0.15) is 5.10 Å². The monoisotopic (exact) mass is 264 g/mol. The summed E-state index contributed by atoms with van der Waals surface area (Å²) in [6.45, 7) is 2.79. The molecular formula is C16H16N4. The van der Waals surface area contributed by atoms with Gasteiger partial charge in [0.2, 0.25) is 0 Å². The summed E-state index contributed by atoms with van der Waals surface area (Å²) in [4.78, 5) is 4.10. The maximum Gasteiger partial charge on any atom is 0.117 e. The van der Waals surface area contributed by atoms with E-state index in [2.05, 4.69) is 41.3 Å². The van der Waals surface area contributed by atoms with Crippen LogP contribution >= 0.6 is 0 Å². The molecule has 0 aliphatic rings. The van der Waals surface area contributed by atoms with Gasteiger partial charge in [-0.15, -0.1) is 0 Å². The minimum atomic E-state index is 0.671. The van der Waals surface area contributed by atoms with Gasteiger partial charge in [0.05, 0.1) is 12.2 Å². The molecule has 0 amide bonds. The molecule has 2 aromatic heterocycles. The highest BCUT2D eigenvalue weighted by atomic mass is 15.3. The Kier molecular flexibility index (Phi) is 3.21. The standard InChI is InChI=1S/C16H16N4/c1-12-4-6-13(7-5-12)10-20-11-15(17)16(19-20)14-3-2-8-18-9-14/h2-9,11H,10,17H2,1H3. The van der Waals surface area contributed by atoms with Gasteiger partial charge < -0.3 is 5.73 Å². The Bertz CT molecular complexity index is 699. The topological polar surface area (TPSA) is 56.7 Å². The number of hydrogen-bond donors (Lipinski definition) is 1. The van der Waals surface area contributed by atoms with E-state index in [1.54, 1.807) is 12.4 Å². The molecule has 0 aliphatic heterocycles. The lowest BCUT2D eigenvalue weighted by Crippen LogP contribution is -2.00. The van der Waals surface area contributed by atoms with Crippen LogP contribution in [0.15, 0.2) is 55.0 Å². The quantitative estimate of drug-likeness (QED) is 0.791. The van der Waals surface area contributed by atoms with E-state index in [4.69, 9.17) is 5.73 Å². The molecule has 4 nitrogen and oxygen atoms in total. The molecule has 1 aromatic carbocycles. The maximum absolute atomic E-state index is 6.04. The summed E-state index contributed by atoms with van der Waals surface area (Å²) in [5.74, 6) is 0. The van der Waals surface area contributed by atoms with E-state index >= 15 is 0 Å². The molecule has 0 spiro atoms.